The van der Waals surface area contributed by atoms with Crippen LogP contribution in [0.1, 0.15) is 21.5 Å². The Morgan fingerprint density at radius 3 is 2.71 bits per heavy atom. The number of aryl methyl sites for hydroxylation is 1. The molecule has 0 bridgehead atoms. The average molecular weight is 528 g/mol. The zero-order chi connectivity index (χ0) is 24.4. The van der Waals surface area contributed by atoms with Crippen LogP contribution in [0.15, 0.2) is 104 Å². The van der Waals surface area contributed by atoms with Crippen LogP contribution in [0.2, 0.25) is 0 Å². The summed E-state index contributed by atoms with van der Waals surface area (Å²) in [5.74, 6) is 0.449. The van der Waals surface area contributed by atoms with Crippen LogP contribution in [0.5, 0.6) is 5.75 Å². The molecular formula is C27H18BrN3O4. The molecule has 0 spiro atoms. The Morgan fingerprint density at radius 2 is 1.91 bits per heavy atom. The molecule has 0 amide bonds. The van der Waals surface area contributed by atoms with Gasteiger partial charge >= 0.3 is 5.97 Å². The molecule has 0 aliphatic rings. The lowest BCUT2D eigenvalue weighted by molar-refractivity contribution is 0.0734. The molecule has 2 heterocycles. The number of nitrogens with zero attached hydrogens (tertiary/aromatic N) is 3. The van der Waals surface area contributed by atoms with Crippen molar-refractivity contribution in [2.75, 3.05) is 0 Å². The predicted octanol–water partition coefficient (Wildman–Crippen LogP) is 5.83. The molecule has 8 heteroatoms. The molecular weight excluding hydrogens is 510 g/mol. The van der Waals surface area contributed by atoms with Gasteiger partial charge in [-0.15, -0.1) is 0 Å². The van der Waals surface area contributed by atoms with E-state index < -0.39 is 5.97 Å². The first-order valence-electron chi connectivity index (χ1n) is 10.7. The normalized spacial score (nSPS) is 11.3. The van der Waals surface area contributed by atoms with Crippen LogP contribution in [0.25, 0.3) is 22.5 Å². The zero-order valence-electron chi connectivity index (χ0n) is 18.5. The predicted molar refractivity (Wildman–Crippen MR) is 137 cm³/mol. The van der Waals surface area contributed by atoms with Crippen molar-refractivity contribution in [3.05, 3.63) is 117 Å². The second-order valence-corrected chi connectivity index (χ2v) is 8.65. The van der Waals surface area contributed by atoms with Gasteiger partial charge in [-0.3, -0.25) is 4.79 Å². The van der Waals surface area contributed by atoms with Gasteiger partial charge in [-0.2, -0.15) is 9.78 Å². The summed E-state index contributed by atoms with van der Waals surface area (Å²) in [5.41, 5.74) is 2.06. The SMILES string of the molecule is Cc1cccc(C(=O)Oc2ccc(Br)cc2C=Nn2c(-c3ccco3)nc3ccccc3c2=O)c1. The summed E-state index contributed by atoms with van der Waals surface area (Å²) in [6, 6.07) is 22.8. The third-order valence-electron chi connectivity index (χ3n) is 5.24. The van der Waals surface area contributed by atoms with Crippen LogP contribution in [0.4, 0.5) is 0 Å². The Labute approximate surface area is 208 Å². The van der Waals surface area contributed by atoms with E-state index in [1.54, 1.807) is 66.7 Å². The fraction of sp³-hybridized carbons (Fsp3) is 0.0370. The van der Waals surface area contributed by atoms with Crippen LogP contribution in [-0.4, -0.2) is 21.8 Å². The number of halogens is 1. The number of aromatic nitrogens is 2. The molecule has 0 atom stereocenters. The van der Waals surface area contributed by atoms with Crippen LogP contribution in [0.3, 0.4) is 0 Å². The number of benzene rings is 3. The summed E-state index contributed by atoms with van der Waals surface area (Å²) in [4.78, 5) is 30.6. The largest absolute Gasteiger partial charge is 0.461 e. The smallest absolute Gasteiger partial charge is 0.343 e. The van der Waals surface area contributed by atoms with Crippen LogP contribution >= 0.6 is 15.9 Å². The Balaban J connectivity index is 1.58. The molecule has 0 N–H and O–H groups in total. The van der Waals surface area contributed by atoms with Crippen molar-refractivity contribution in [1.82, 2.24) is 9.66 Å². The van der Waals surface area contributed by atoms with E-state index in [1.807, 2.05) is 19.1 Å². The second kappa shape index (κ2) is 9.52. The van der Waals surface area contributed by atoms with E-state index in [9.17, 15) is 9.59 Å². The van der Waals surface area contributed by atoms with E-state index in [2.05, 4.69) is 26.0 Å². The molecule has 5 aromatic rings. The molecule has 35 heavy (non-hydrogen) atoms. The minimum atomic E-state index is -0.494. The third kappa shape index (κ3) is 4.69. The van der Waals surface area contributed by atoms with E-state index in [0.717, 1.165) is 10.0 Å². The van der Waals surface area contributed by atoms with Gasteiger partial charge in [0.05, 0.1) is 28.9 Å². The van der Waals surface area contributed by atoms with E-state index in [-0.39, 0.29) is 11.4 Å². The van der Waals surface area contributed by atoms with Gasteiger partial charge in [-0.25, -0.2) is 9.78 Å². The van der Waals surface area contributed by atoms with Gasteiger partial charge in [-0.05, 0) is 61.5 Å². The van der Waals surface area contributed by atoms with E-state index in [4.69, 9.17) is 9.15 Å². The van der Waals surface area contributed by atoms with Crippen LogP contribution < -0.4 is 10.3 Å². The van der Waals surface area contributed by atoms with Crippen LogP contribution in [-0.2, 0) is 0 Å². The van der Waals surface area contributed by atoms with Crippen molar-refractivity contribution in [3.63, 3.8) is 0 Å². The van der Waals surface area contributed by atoms with Gasteiger partial charge in [0.25, 0.3) is 5.56 Å². The summed E-state index contributed by atoms with van der Waals surface area (Å²) in [6.07, 6.45) is 2.95. The van der Waals surface area contributed by atoms with Gasteiger partial charge < -0.3 is 9.15 Å². The lowest BCUT2D eigenvalue weighted by atomic mass is 10.1. The van der Waals surface area contributed by atoms with E-state index in [1.165, 1.54) is 17.2 Å². The first kappa shape index (κ1) is 22.5. The minimum Gasteiger partial charge on any atom is -0.461 e. The number of rotatable bonds is 5. The summed E-state index contributed by atoms with van der Waals surface area (Å²) in [6.45, 7) is 1.90. The molecule has 0 radical (unpaired) electrons. The van der Waals surface area contributed by atoms with E-state index >= 15 is 0 Å². The molecule has 5 rings (SSSR count). The molecule has 3 aromatic carbocycles. The number of furan rings is 1. The molecule has 0 aliphatic carbocycles. The number of fused-ring (bicyclic) bond motifs is 1. The summed E-state index contributed by atoms with van der Waals surface area (Å²) in [7, 11) is 0. The average Bonchev–Trinajstić information content (AvgIpc) is 3.40. The highest BCUT2D eigenvalue weighted by Crippen LogP contribution is 2.24. The number of ether oxygens (including phenoxy) is 1. The van der Waals surface area contributed by atoms with Gasteiger partial charge in [0.2, 0.25) is 5.82 Å². The lowest BCUT2D eigenvalue weighted by Gasteiger charge is -2.10. The van der Waals surface area contributed by atoms with Crippen molar-refractivity contribution in [3.8, 4) is 17.3 Å². The quantitative estimate of drug-likeness (QED) is 0.163. The van der Waals surface area contributed by atoms with Crippen LogP contribution in [0, 0.1) is 6.92 Å². The second-order valence-electron chi connectivity index (χ2n) is 7.73. The number of hydrogen-bond donors (Lipinski definition) is 0. The number of carbonyl (C=O) groups excluding carboxylic acids is 1. The highest BCUT2D eigenvalue weighted by Gasteiger charge is 2.15. The molecule has 0 saturated carbocycles. The lowest BCUT2D eigenvalue weighted by Crippen LogP contribution is -2.20. The topological polar surface area (TPSA) is 86.7 Å². The molecule has 172 valence electrons. The Morgan fingerprint density at radius 1 is 1.06 bits per heavy atom. The summed E-state index contributed by atoms with van der Waals surface area (Å²) in [5, 5.41) is 4.84. The summed E-state index contributed by atoms with van der Waals surface area (Å²) < 4.78 is 13.1. The van der Waals surface area contributed by atoms with Gasteiger partial charge in [0.1, 0.15) is 5.75 Å². The fourth-order valence-electron chi connectivity index (χ4n) is 3.56. The Bertz CT molecular complexity index is 1640. The number of hydrogen-bond acceptors (Lipinski definition) is 6. The Kier molecular flexibility index (Phi) is 6.12. The molecule has 0 aliphatic heterocycles. The van der Waals surface area contributed by atoms with Gasteiger partial charge in [0.15, 0.2) is 5.76 Å². The van der Waals surface area contributed by atoms with Gasteiger partial charge in [0, 0.05) is 10.0 Å². The standard InChI is InChI=1S/C27H18BrN3O4/c1-17-6-4-7-18(14-17)27(33)35-23-12-11-20(28)15-19(23)16-29-31-25(24-10-5-13-34-24)30-22-9-3-2-8-21(22)26(31)32/h2-16H,1H3. The molecule has 0 unspecified atom stereocenters. The fourth-order valence-corrected chi connectivity index (χ4v) is 3.94. The Hall–Kier alpha value is -4.30. The molecule has 2 aromatic heterocycles. The highest BCUT2D eigenvalue weighted by molar-refractivity contribution is 9.10. The van der Waals surface area contributed by atoms with Crippen molar-refractivity contribution in [2.45, 2.75) is 6.92 Å². The number of para-hydroxylation sites is 1. The molecule has 0 fully saturated rings. The van der Waals surface area contributed by atoms with Gasteiger partial charge in [-0.1, -0.05) is 45.8 Å². The maximum atomic E-state index is 13.3. The maximum Gasteiger partial charge on any atom is 0.343 e. The van der Waals surface area contributed by atoms with Crippen molar-refractivity contribution in [2.24, 2.45) is 5.10 Å². The molecule has 7 nitrogen and oxygen atoms in total. The van der Waals surface area contributed by atoms with Crippen molar-refractivity contribution < 1.29 is 13.9 Å². The number of carbonyl (C=O) groups is 1. The zero-order valence-corrected chi connectivity index (χ0v) is 20.1. The maximum absolute atomic E-state index is 13.3. The van der Waals surface area contributed by atoms with Crippen molar-refractivity contribution >= 4 is 39.0 Å². The van der Waals surface area contributed by atoms with Crippen molar-refractivity contribution in [1.29, 1.82) is 0 Å². The third-order valence-corrected chi connectivity index (χ3v) is 5.73. The monoisotopic (exact) mass is 527 g/mol. The minimum absolute atomic E-state index is 0.253. The van der Waals surface area contributed by atoms with E-state index in [0.29, 0.717) is 33.5 Å². The number of esters is 1. The summed E-state index contributed by atoms with van der Waals surface area (Å²) >= 11 is 3.44. The first-order chi connectivity index (χ1) is 17.0. The molecule has 0 saturated heterocycles. The first-order valence-corrected chi connectivity index (χ1v) is 11.5. The highest BCUT2D eigenvalue weighted by atomic mass is 79.9.